The van der Waals surface area contributed by atoms with Gasteiger partial charge in [-0.1, -0.05) is 35.5 Å². The van der Waals surface area contributed by atoms with Crippen molar-refractivity contribution in [1.29, 1.82) is 0 Å². The molecular formula is C19H19ClFN5O2S. The van der Waals surface area contributed by atoms with Crippen molar-refractivity contribution in [3.05, 3.63) is 53.1 Å². The third-order valence-corrected chi connectivity index (χ3v) is 6.31. The van der Waals surface area contributed by atoms with Gasteiger partial charge in [-0.25, -0.2) is 19.4 Å². The molecule has 1 saturated heterocycles. The number of carbonyl (C=O) groups excluding carboxylic acids is 1. The van der Waals surface area contributed by atoms with Crippen LogP contribution in [-0.4, -0.2) is 45.2 Å². The highest BCUT2D eigenvalue weighted by atomic mass is 35.5. The summed E-state index contributed by atoms with van der Waals surface area (Å²) in [5, 5.41) is 3.26. The lowest BCUT2D eigenvalue weighted by Gasteiger charge is -2.49. The Bertz CT molecular complexity index is 975. The average molecular weight is 436 g/mol. The number of halogens is 2. The van der Waals surface area contributed by atoms with Gasteiger partial charge in [0.1, 0.15) is 16.4 Å². The predicted octanol–water partition coefficient (Wildman–Crippen LogP) is 3.16. The molecule has 1 aromatic carbocycles. The van der Waals surface area contributed by atoms with Crippen LogP contribution in [0.15, 0.2) is 41.7 Å². The number of anilines is 1. The number of amides is 1. The number of aliphatic imine (C=N–C) groups is 1. The number of rotatable bonds is 3. The van der Waals surface area contributed by atoms with Gasteiger partial charge in [-0.15, -0.1) is 0 Å². The van der Waals surface area contributed by atoms with E-state index in [0.717, 1.165) is 0 Å². The predicted molar refractivity (Wildman–Crippen MR) is 111 cm³/mol. The zero-order chi connectivity index (χ0) is 20.6. The molecule has 0 radical (unpaired) electrons. The van der Waals surface area contributed by atoms with Gasteiger partial charge in [0.25, 0.3) is 5.91 Å². The van der Waals surface area contributed by atoms with Crippen LogP contribution in [0.1, 0.15) is 29.4 Å². The number of nitrogens with one attached hydrogen (secondary N) is 1. The summed E-state index contributed by atoms with van der Waals surface area (Å²) < 4.78 is 21.9. The lowest BCUT2D eigenvalue weighted by molar-refractivity contribution is -0.106. The van der Waals surface area contributed by atoms with Crippen LogP contribution in [0.25, 0.3) is 0 Å². The van der Waals surface area contributed by atoms with Gasteiger partial charge in [0.05, 0.1) is 25.1 Å². The van der Waals surface area contributed by atoms with E-state index in [9.17, 15) is 4.79 Å². The maximum atomic E-state index is 16.1. The maximum absolute atomic E-state index is 16.1. The van der Waals surface area contributed by atoms with Gasteiger partial charge < -0.3 is 15.8 Å². The molecule has 0 bridgehead atoms. The molecule has 0 saturated carbocycles. The SMILES string of the molecule is C[C@H]1C[C@@]2(F)CSC(N)=N[C@@]2(c2cccc(NC(=O)c3cnc(Cl)cn3)c2)CO1. The van der Waals surface area contributed by atoms with Gasteiger partial charge in [-0.2, -0.15) is 0 Å². The number of amidine groups is 1. The smallest absolute Gasteiger partial charge is 0.275 e. The van der Waals surface area contributed by atoms with Crippen LogP contribution in [0.3, 0.4) is 0 Å². The summed E-state index contributed by atoms with van der Waals surface area (Å²) in [6, 6.07) is 6.91. The number of fused-ring (bicyclic) bond motifs is 1. The highest BCUT2D eigenvalue weighted by Gasteiger charge is 2.59. The average Bonchev–Trinajstić information content (AvgIpc) is 2.69. The summed E-state index contributed by atoms with van der Waals surface area (Å²) in [5.74, 6) is -0.251. The number of thioether (sulfide) groups is 1. The third kappa shape index (κ3) is 3.70. The molecular weight excluding hydrogens is 417 g/mol. The molecule has 1 fully saturated rings. The van der Waals surface area contributed by atoms with Crippen molar-refractivity contribution < 1.29 is 13.9 Å². The number of benzene rings is 1. The molecule has 4 rings (SSSR count). The van der Waals surface area contributed by atoms with Crippen molar-refractivity contribution in [3.8, 4) is 0 Å². The van der Waals surface area contributed by atoms with Crippen molar-refractivity contribution >= 4 is 40.1 Å². The standard InChI is InChI=1S/C19H19ClFN5O2S/c1-11-6-18(21)10-29-17(22)26-19(18,9-28-11)12-3-2-4-13(5-12)25-16(27)14-7-24-15(20)8-23-14/h2-5,7-8,11H,6,9-10H2,1H3,(H2,22,26)(H,25,27)/t11-,18+,19+/m0/s1. The molecule has 152 valence electrons. The molecule has 29 heavy (non-hydrogen) atoms. The summed E-state index contributed by atoms with van der Waals surface area (Å²) in [6.07, 6.45) is 2.58. The lowest BCUT2D eigenvalue weighted by Crippen LogP contribution is -2.60. The topological polar surface area (TPSA) is 102 Å². The summed E-state index contributed by atoms with van der Waals surface area (Å²) >= 11 is 6.92. The van der Waals surface area contributed by atoms with E-state index >= 15 is 4.39 Å². The highest BCUT2D eigenvalue weighted by Crippen LogP contribution is 2.51. The van der Waals surface area contributed by atoms with Gasteiger partial charge >= 0.3 is 0 Å². The third-order valence-electron chi connectivity index (χ3n) is 5.13. The number of aromatic nitrogens is 2. The Morgan fingerprint density at radius 1 is 1.41 bits per heavy atom. The fourth-order valence-electron chi connectivity index (χ4n) is 3.68. The normalized spacial score (nSPS) is 28.9. The van der Waals surface area contributed by atoms with Crippen LogP contribution in [0, 0.1) is 0 Å². The first kappa shape index (κ1) is 20.1. The first-order valence-corrected chi connectivity index (χ1v) is 10.4. The highest BCUT2D eigenvalue weighted by molar-refractivity contribution is 8.13. The first-order chi connectivity index (χ1) is 13.8. The van der Waals surface area contributed by atoms with Crippen LogP contribution in [0.5, 0.6) is 0 Å². The fraction of sp³-hybridized carbons (Fsp3) is 0.368. The minimum atomic E-state index is -1.61. The van der Waals surface area contributed by atoms with Crippen molar-refractivity contribution in [2.45, 2.75) is 30.7 Å². The molecule has 3 atom stereocenters. The van der Waals surface area contributed by atoms with Crippen LogP contribution in [0.4, 0.5) is 10.1 Å². The molecule has 2 aliphatic rings. The molecule has 2 aromatic rings. The lowest BCUT2D eigenvalue weighted by atomic mass is 9.73. The molecule has 3 heterocycles. The minimum absolute atomic E-state index is 0.0754. The monoisotopic (exact) mass is 435 g/mol. The molecule has 7 nitrogen and oxygen atoms in total. The molecule has 0 spiro atoms. The number of nitrogens with two attached hydrogens (primary N) is 1. The molecule has 2 aliphatic heterocycles. The van der Waals surface area contributed by atoms with Gasteiger partial charge in [0, 0.05) is 17.9 Å². The zero-order valence-electron chi connectivity index (χ0n) is 15.6. The van der Waals surface area contributed by atoms with Gasteiger partial charge in [-0.3, -0.25) is 4.79 Å². The van der Waals surface area contributed by atoms with E-state index in [1.165, 1.54) is 24.2 Å². The quantitative estimate of drug-likeness (QED) is 0.767. The Kier molecular flexibility index (Phi) is 5.22. The summed E-state index contributed by atoms with van der Waals surface area (Å²) in [4.78, 5) is 24.8. The largest absolute Gasteiger partial charge is 0.379 e. The number of hydrogen-bond donors (Lipinski definition) is 2. The van der Waals surface area contributed by atoms with Crippen LogP contribution < -0.4 is 11.1 Å². The van der Waals surface area contributed by atoms with Crippen LogP contribution >= 0.6 is 23.4 Å². The van der Waals surface area contributed by atoms with E-state index < -0.39 is 17.1 Å². The number of alkyl halides is 1. The molecule has 0 aliphatic carbocycles. The maximum Gasteiger partial charge on any atom is 0.275 e. The van der Waals surface area contributed by atoms with E-state index in [0.29, 0.717) is 16.4 Å². The van der Waals surface area contributed by atoms with Gasteiger partial charge in [-0.05, 0) is 24.6 Å². The second-order valence-corrected chi connectivity index (χ2v) is 8.53. The van der Waals surface area contributed by atoms with E-state index in [2.05, 4.69) is 20.3 Å². The van der Waals surface area contributed by atoms with Crippen molar-refractivity contribution in [2.75, 3.05) is 17.7 Å². The van der Waals surface area contributed by atoms with Crippen molar-refractivity contribution in [3.63, 3.8) is 0 Å². The van der Waals surface area contributed by atoms with Crippen LogP contribution in [0.2, 0.25) is 5.15 Å². The number of carbonyl (C=O) groups is 1. The Balaban J connectivity index is 1.67. The van der Waals surface area contributed by atoms with Gasteiger partial charge in [0.2, 0.25) is 0 Å². The molecule has 1 aromatic heterocycles. The van der Waals surface area contributed by atoms with Crippen molar-refractivity contribution in [1.82, 2.24) is 9.97 Å². The number of nitrogens with zero attached hydrogens (tertiary/aromatic N) is 3. The first-order valence-electron chi connectivity index (χ1n) is 8.99. The van der Waals surface area contributed by atoms with E-state index in [1.807, 2.05) is 6.92 Å². The molecule has 0 unspecified atom stereocenters. The van der Waals surface area contributed by atoms with E-state index in [4.69, 9.17) is 22.1 Å². The Morgan fingerprint density at radius 3 is 3.00 bits per heavy atom. The summed E-state index contributed by atoms with van der Waals surface area (Å²) in [5.41, 5.74) is 4.28. The van der Waals surface area contributed by atoms with Gasteiger partial charge in [0.15, 0.2) is 10.8 Å². The number of ether oxygens (including phenoxy) is 1. The minimum Gasteiger partial charge on any atom is -0.379 e. The summed E-state index contributed by atoms with van der Waals surface area (Å²) in [7, 11) is 0. The van der Waals surface area contributed by atoms with Crippen molar-refractivity contribution in [2.24, 2.45) is 10.7 Å². The molecule has 10 heteroatoms. The fourth-order valence-corrected chi connectivity index (χ4v) is 4.73. The zero-order valence-corrected chi connectivity index (χ0v) is 17.1. The Morgan fingerprint density at radius 2 is 2.24 bits per heavy atom. The second-order valence-electron chi connectivity index (χ2n) is 7.15. The molecule has 1 amide bonds. The Labute approximate surface area is 176 Å². The van der Waals surface area contributed by atoms with E-state index in [1.54, 1.807) is 24.3 Å². The van der Waals surface area contributed by atoms with E-state index in [-0.39, 0.29) is 35.7 Å². The van der Waals surface area contributed by atoms with Crippen LogP contribution in [-0.2, 0) is 10.3 Å². The Hall–Kier alpha value is -2.23. The second kappa shape index (κ2) is 7.55. The molecule has 3 N–H and O–H groups in total. The number of hydrogen-bond acceptors (Lipinski definition) is 7. The summed E-state index contributed by atoms with van der Waals surface area (Å²) in [6.45, 7) is 1.92.